The third kappa shape index (κ3) is 5.64. The van der Waals surface area contributed by atoms with Gasteiger partial charge in [0.25, 0.3) is 0 Å². The van der Waals surface area contributed by atoms with Gasteiger partial charge in [-0.05, 0) is 48.1 Å². The van der Waals surface area contributed by atoms with Gasteiger partial charge in [0.15, 0.2) is 0 Å². The topological polar surface area (TPSA) is 9.23 Å². The number of ether oxygens (including phenoxy) is 1. The predicted molar refractivity (Wildman–Crippen MR) is 121 cm³/mol. The van der Waals surface area contributed by atoms with E-state index in [2.05, 4.69) is 24.3 Å². The number of hydrogen-bond acceptors (Lipinski definition) is 1. The number of rotatable bonds is 9. The summed E-state index contributed by atoms with van der Waals surface area (Å²) in [6.45, 7) is 0.711. The Morgan fingerprint density at radius 3 is 1.82 bits per heavy atom. The quantitative estimate of drug-likeness (QED) is 0.200. The normalized spacial score (nSPS) is 11.8. The molecule has 0 aliphatic rings. The van der Waals surface area contributed by atoms with Crippen molar-refractivity contribution in [2.75, 3.05) is 12.5 Å². The molecule has 1 nitrogen and oxygen atoms in total. The molecule has 28 heavy (non-hydrogen) atoms. The van der Waals surface area contributed by atoms with Crippen molar-refractivity contribution < 1.29 is 4.74 Å². The summed E-state index contributed by atoms with van der Waals surface area (Å²) < 4.78 is 5.85. The second-order valence-corrected chi connectivity index (χ2v) is 7.30. The average Bonchev–Trinajstić information content (AvgIpc) is 2.76. The van der Waals surface area contributed by atoms with Crippen molar-refractivity contribution in [3.05, 3.63) is 102 Å². The molecule has 0 N–H and O–H groups in total. The molecular formula is C25H24Cl2O. The largest absolute Gasteiger partial charge is 0.494 e. The van der Waals surface area contributed by atoms with E-state index < -0.39 is 0 Å². The molecule has 3 aromatic carbocycles. The molecule has 0 amide bonds. The first-order valence-electron chi connectivity index (χ1n) is 9.59. The SMILES string of the molecule is ClCCCCCOc1ccc(C(=C(Cl)c2ccccc2)c2ccccc2)cc1. The summed E-state index contributed by atoms with van der Waals surface area (Å²) in [5, 5.41) is 0.738. The van der Waals surface area contributed by atoms with Gasteiger partial charge in [-0.15, -0.1) is 11.6 Å². The van der Waals surface area contributed by atoms with Gasteiger partial charge >= 0.3 is 0 Å². The third-order valence-electron chi connectivity index (χ3n) is 4.50. The lowest BCUT2D eigenvalue weighted by molar-refractivity contribution is 0.306. The number of alkyl halides is 1. The maximum absolute atomic E-state index is 6.85. The Labute approximate surface area is 177 Å². The van der Waals surface area contributed by atoms with Crippen molar-refractivity contribution in [1.82, 2.24) is 0 Å². The van der Waals surface area contributed by atoms with Crippen LogP contribution in [0.25, 0.3) is 10.6 Å². The lowest BCUT2D eigenvalue weighted by atomic mass is 9.95. The van der Waals surface area contributed by atoms with Gasteiger partial charge in [0.2, 0.25) is 0 Å². The van der Waals surface area contributed by atoms with E-state index in [0.29, 0.717) is 12.5 Å². The molecular weight excluding hydrogens is 387 g/mol. The second kappa shape index (κ2) is 10.9. The van der Waals surface area contributed by atoms with Crippen LogP contribution < -0.4 is 4.74 Å². The van der Waals surface area contributed by atoms with Crippen LogP contribution in [0.5, 0.6) is 5.75 Å². The van der Waals surface area contributed by atoms with Gasteiger partial charge in [-0.1, -0.05) is 84.4 Å². The maximum atomic E-state index is 6.85. The Kier molecular flexibility index (Phi) is 8.02. The molecule has 0 bridgehead atoms. The summed E-state index contributed by atoms with van der Waals surface area (Å²) in [5.41, 5.74) is 4.17. The molecule has 0 fully saturated rings. The minimum atomic E-state index is 0.711. The minimum absolute atomic E-state index is 0.711. The van der Waals surface area contributed by atoms with E-state index >= 15 is 0 Å². The fraction of sp³-hybridized carbons (Fsp3) is 0.200. The van der Waals surface area contributed by atoms with E-state index in [9.17, 15) is 0 Å². The maximum Gasteiger partial charge on any atom is 0.119 e. The smallest absolute Gasteiger partial charge is 0.119 e. The van der Waals surface area contributed by atoms with Crippen LogP contribution in [0.15, 0.2) is 84.9 Å². The zero-order valence-electron chi connectivity index (χ0n) is 15.8. The summed E-state index contributed by atoms with van der Waals surface area (Å²) in [6.07, 6.45) is 3.14. The van der Waals surface area contributed by atoms with Crippen molar-refractivity contribution in [2.24, 2.45) is 0 Å². The Balaban J connectivity index is 1.85. The summed E-state index contributed by atoms with van der Waals surface area (Å²) in [4.78, 5) is 0. The highest BCUT2D eigenvalue weighted by Gasteiger charge is 2.12. The van der Waals surface area contributed by atoms with E-state index in [0.717, 1.165) is 52.3 Å². The van der Waals surface area contributed by atoms with Gasteiger partial charge in [-0.3, -0.25) is 0 Å². The highest BCUT2D eigenvalue weighted by Crippen LogP contribution is 2.35. The van der Waals surface area contributed by atoms with Gasteiger partial charge in [-0.2, -0.15) is 0 Å². The van der Waals surface area contributed by atoms with Crippen LogP contribution in [0.2, 0.25) is 0 Å². The lowest BCUT2D eigenvalue weighted by Crippen LogP contribution is -1.98. The van der Waals surface area contributed by atoms with Crippen molar-refractivity contribution in [3.8, 4) is 5.75 Å². The third-order valence-corrected chi connectivity index (χ3v) is 5.17. The number of halogens is 2. The first-order valence-corrected chi connectivity index (χ1v) is 10.5. The van der Waals surface area contributed by atoms with E-state index in [4.69, 9.17) is 27.9 Å². The average molecular weight is 411 g/mol. The number of benzene rings is 3. The molecule has 0 aliphatic heterocycles. The standard InChI is InChI=1S/C25H24Cl2O/c26-18-8-3-9-19-28-23-16-14-21(15-17-23)24(20-10-4-1-5-11-20)25(27)22-12-6-2-7-13-22/h1-2,4-7,10-17H,3,8-9,18-19H2. The summed E-state index contributed by atoms with van der Waals surface area (Å²) in [6, 6.07) is 28.5. The molecule has 0 atom stereocenters. The van der Waals surface area contributed by atoms with Crippen molar-refractivity contribution in [2.45, 2.75) is 19.3 Å². The zero-order chi connectivity index (χ0) is 19.6. The summed E-state index contributed by atoms with van der Waals surface area (Å²) >= 11 is 12.6. The highest BCUT2D eigenvalue weighted by atomic mass is 35.5. The number of hydrogen-bond donors (Lipinski definition) is 0. The van der Waals surface area contributed by atoms with E-state index in [-0.39, 0.29) is 0 Å². The second-order valence-electron chi connectivity index (χ2n) is 6.54. The summed E-state index contributed by atoms with van der Waals surface area (Å²) in [7, 11) is 0. The Morgan fingerprint density at radius 1 is 0.643 bits per heavy atom. The predicted octanol–water partition coefficient (Wildman–Crippen LogP) is 7.63. The van der Waals surface area contributed by atoms with Crippen LogP contribution in [0, 0.1) is 0 Å². The fourth-order valence-corrected chi connectivity index (χ4v) is 3.57. The Morgan fingerprint density at radius 2 is 1.21 bits per heavy atom. The fourth-order valence-electron chi connectivity index (χ4n) is 3.03. The minimum Gasteiger partial charge on any atom is -0.494 e. The van der Waals surface area contributed by atoms with Gasteiger partial charge in [0.05, 0.1) is 11.6 Å². The van der Waals surface area contributed by atoms with Crippen molar-refractivity contribution in [1.29, 1.82) is 0 Å². The van der Waals surface area contributed by atoms with E-state index in [1.165, 1.54) is 0 Å². The van der Waals surface area contributed by atoms with Gasteiger partial charge in [0, 0.05) is 11.5 Å². The van der Waals surface area contributed by atoms with Gasteiger partial charge in [-0.25, -0.2) is 0 Å². The molecule has 0 unspecified atom stereocenters. The molecule has 3 rings (SSSR count). The molecule has 0 aromatic heterocycles. The lowest BCUT2D eigenvalue weighted by Gasteiger charge is -2.13. The molecule has 0 heterocycles. The first kappa shape index (κ1) is 20.5. The van der Waals surface area contributed by atoms with Crippen LogP contribution in [0.1, 0.15) is 36.0 Å². The Bertz CT molecular complexity index is 871. The van der Waals surface area contributed by atoms with Crippen LogP contribution in [-0.2, 0) is 0 Å². The van der Waals surface area contributed by atoms with Crippen LogP contribution in [-0.4, -0.2) is 12.5 Å². The molecule has 0 saturated carbocycles. The van der Waals surface area contributed by atoms with Gasteiger partial charge in [0.1, 0.15) is 5.75 Å². The summed E-state index contributed by atoms with van der Waals surface area (Å²) in [5.74, 6) is 1.59. The van der Waals surface area contributed by atoms with Crippen molar-refractivity contribution in [3.63, 3.8) is 0 Å². The van der Waals surface area contributed by atoms with Crippen LogP contribution in [0.4, 0.5) is 0 Å². The Hall–Kier alpha value is -2.22. The monoisotopic (exact) mass is 410 g/mol. The van der Waals surface area contributed by atoms with E-state index in [1.807, 2.05) is 60.7 Å². The zero-order valence-corrected chi connectivity index (χ0v) is 17.3. The molecule has 0 aliphatic carbocycles. The van der Waals surface area contributed by atoms with Gasteiger partial charge < -0.3 is 4.74 Å². The highest BCUT2D eigenvalue weighted by molar-refractivity contribution is 6.53. The molecule has 0 radical (unpaired) electrons. The first-order chi connectivity index (χ1) is 13.8. The molecule has 0 saturated heterocycles. The van der Waals surface area contributed by atoms with Crippen LogP contribution >= 0.6 is 23.2 Å². The van der Waals surface area contributed by atoms with Crippen molar-refractivity contribution >= 4 is 33.8 Å². The molecule has 0 spiro atoms. The molecule has 3 aromatic rings. The van der Waals surface area contributed by atoms with Crippen LogP contribution in [0.3, 0.4) is 0 Å². The van der Waals surface area contributed by atoms with E-state index in [1.54, 1.807) is 0 Å². The molecule has 3 heteroatoms. The molecule has 144 valence electrons. The number of unbranched alkanes of at least 4 members (excludes halogenated alkanes) is 2.